The van der Waals surface area contributed by atoms with Gasteiger partial charge in [0.15, 0.2) is 0 Å². The minimum Gasteiger partial charge on any atom is -0.462 e. The van der Waals surface area contributed by atoms with Gasteiger partial charge in [0.2, 0.25) is 0 Å². The Morgan fingerprint density at radius 1 is 1.31 bits per heavy atom. The molecule has 1 N–H and O–H groups in total. The zero-order valence-electron chi connectivity index (χ0n) is 10.2. The molecule has 1 heterocycles. The summed E-state index contributed by atoms with van der Waals surface area (Å²) in [7, 11) is 0. The molecule has 2 aliphatic rings. The molecule has 1 saturated carbocycles. The molecule has 3 nitrogen and oxygen atoms in total. The van der Waals surface area contributed by atoms with Gasteiger partial charge in [-0.3, -0.25) is 4.79 Å². The molecule has 92 valence electrons. The Morgan fingerprint density at radius 2 is 2.06 bits per heavy atom. The third-order valence-electron chi connectivity index (χ3n) is 3.97. The second-order valence-electron chi connectivity index (χ2n) is 5.21. The summed E-state index contributed by atoms with van der Waals surface area (Å²) < 4.78 is 5.63. The molecule has 2 unspecified atom stereocenters. The van der Waals surface area contributed by atoms with Crippen molar-refractivity contribution in [3.05, 3.63) is 0 Å². The van der Waals surface area contributed by atoms with Gasteiger partial charge in [-0.25, -0.2) is 0 Å². The van der Waals surface area contributed by atoms with E-state index in [0.29, 0.717) is 18.3 Å². The minimum absolute atomic E-state index is 0.0249. The number of ether oxygens (including phenoxy) is 1. The minimum atomic E-state index is 0.0249. The van der Waals surface area contributed by atoms with E-state index in [1.165, 1.54) is 19.3 Å². The standard InChI is InChI=1S/C13H23NO2/c1-2-11-5-3-4-6-12(11)16-13(15)7-10-8-14-9-10/h10-12,14H,2-9H2,1H3. The van der Waals surface area contributed by atoms with Crippen molar-refractivity contribution in [3.8, 4) is 0 Å². The largest absolute Gasteiger partial charge is 0.462 e. The van der Waals surface area contributed by atoms with Crippen molar-refractivity contribution in [1.29, 1.82) is 0 Å². The van der Waals surface area contributed by atoms with Crippen molar-refractivity contribution < 1.29 is 9.53 Å². The van der Waals surface area contributed by atoms with Crippen molar-refractivity contribution in [2.75, 3.05) is 13.1 Å². The molecule has 1 aliphatic carbocycles. The second kappa shape index (κ2) is 5.67. The van der Waals surface area contributed by atoms with Crippen LogP contribution < -0.4 is 5.32 Å². The number of nitrogens with one attached hydrogen (secondary N) is 1. The van der Waals surface area contributed by atoms with Crippen LogP contribution in [0.25, 0.3) is 0 Å². The Balaban J connectivity index is 1.75. The van der Waals surface area contributed by atoms with E-state index >= 15 is 0 Å². The molecule has 3 heteroatoms. The molecule has 16 heavy (non-hydrogen) atoms. The molecule has 2 rings (SSSR count). The molecule has 2 atom stereocenters. The van der Waals surface area contributed by atoms with E-state index in [4.69, 9.17) is 4.74 Å². The molecule has 0 bridgehead atoms. The van der Waals surface area contributed by atoms with Gasteiger partial charge in [0.1, 0.15) is 6.10 Å². The number of rotatable bonds is 4. The fourth-order valence-corrected chi connectivity index (χ4v) is 2.74. The predicted octanol–water partition coefficient (Wildman–Crippen LogP) is 2.11. The highest BCUT2D eigenvalue weighted by atomic mass is 16.5. The lowest BCUT2D eigenvalue weighted by atomic mass is 9.84. The molecule has 0 amide bonds. The number of hydrogen-bond donors (Lipinski definition) is 1. The molecule has 1 aliphatic heterocycles. The maximum absolute atomic E-state index is 11.7. The Hall–Kier alpha value is -0.570. The molecule has 0 aromatic carbocycles. The maximum Gasteiger partial charge on any atom is 0.306 e. The van der Waals surface area contributed by atoms with Crippen LogP contribution >= 0.6 is 0 Å². The van der Waals surface area contributed by atoms with E-state index < -0.39 is 0 Å². The fourth-order valence-electron chi connectivity index (χ4n) is 2.74. The molecular formula is C13H23NO2. The summed E-state index contributed by atoms with van der Waals surface area (Å²) in [6.07, 6.45) is 6.80. The van der Waals surface area contributed by atoms with E-state index in [-0.39, 0.29) is 12.1 Å². The lowest BCUT2D eigenvalue weighted by Crippen LogP contribution is -2.43. The van der Waals surface area contributed by atoms with Crippen LogP contribution in [0.3, 0.4) is 0 Å². The van der Waals surface area contributed by atoms with E-state index in [0.717, 1.165) is 25.9 Å². The van der Waals surface area contributed by atoms with Crippen LogP contribution in [0.5, 0.6) is 0 Å². The van der Waals surface area contributed by atoms with Gasteiger partial charge in [-0.15, -0.1) is 0 Å². The fraction of sp³-hybridized carbons (Fsp3) is 0.923. The van der Waals surface area contributed by atoms with Crippen molar-refractivity contribution in [1.82, 2.24) is 5.32 Å². The van der Waals surface area contributed by atoms with Gasteiger partial charge in [-0.2, -0.15) is 0 Å². The van der Waals surface area contributed by atoms with Gasteiger partial charge >= 0.3 is 5.97 Å². The predicted molar refractivity (Wildman–Crippen MR) is 63.1 cm³/mol. The van der Waals surface area contributed by atoms with E-state index in [1.807, 2.05) is 0 Å². The molecule has 0 radical (unpaired) electrons. The Morgan fingerprint density at radius 3 is 2.69 bits per heavy atom. The first kappa shape index (κ1) is 11.9. The monoisotopic (exact) mass is 225 g/mol. The third kappa shape index (κ3) is 2.97. The summed E-state index contributed by atoms with van der Waals surface area (Å²) in [6.45, 7) is 4.17. The van der Waals surface area contributed by atoms with Crippen molar-refractivity contribution >= 4 is 5.97 Å². The van der Waals surface area contributed by atoms with Gasteiger partial charge in [0.25, 0.3) is 0 Å². The Bertz CT molecular complexity index is 238. The number of esters is 1. The summed E-state index contributed by atoms with van der Waals surface area (Å²) in [5.41, 5.74) is 0. The SMILES string of the molecule is CCC1CCCCC1OC(=O)CC1CNC1. The van der Waals surface area contributed by atoms with Crippen LogP contribution in [0.15, 0.2) is 0 Å². The third-order valence-corrected chi connectivity index (χ3v) is 3.97. The first-order valence-electron chi connectivity index (χ1n) is 6.69. The van der Waals surface area contributed by atoms with Gasteiger partial charge in [0, 0.05) is 0 Å². The first-order chi connectivity index (χ1) is 7.79. The summed E-state index contributed by atoms with van der Waals surface area (Å²) in [5.74, 6) is 1.16. The van der Waals surface area contributed by atoms with Gasteiger partial charge in [0.05, 0.1) is 6.42 Å². The van der Waals surface area contributed by atoms with E-state index in [9.17, 15) is 4.79 Å². The van der Waals surface area contributed by atoms with Gasteiger partial charge in [-0.1, -0.05) is 13.3 Å². The van der Waals surface area contributed by atoms with E-state index in [1.54, 1.807) is 0 Å². The second-order valence-corrected chi connectivity index (χ2v) is 5.21. The summed E-state index contributed by atoms with van der Waals surface area (Å²) >= 11 is 0. The highest BCUT2D eigenvalue weighted by Gasteiger charge is 2.28. The molecule has 1 saturated heterocycles. The average Bonchev–Trinajstić information content (AvgIpc) is 2.24. The number of carbonyl (C=O) groups is 1. The summed E-state index contributed by atoms with van der Waals surface area (Å²) in [4.78, 5) is 11.7. The zero-order chi connectivity index (χ0) is 11.4. The van der Waals surface area contributed by atoms with Crippen molar-refractivity contribution in [2.45, 2.75) is 51.6 Å². The van der Waals surface area contributed by atoms with Crippen molar-refractivity contribution in [3.63, 3.8) is 0 Å². The lowest BCUT2D eigenvalue weighted by molar-refractivity contribution is -0.155. The van der Waals surface area contributed by atoms with Gasteiger partial charge in [-0.05, 0) is 50.6 Å². The Kier molecular flexibility index (Phi) is 4.22. The van der Waals surface area contributed by atoms with Crippen LogP contribution in [0.4, 0.5) is 0 Å². The topological polar surface area (TPSA) is 38.3 Å². The molecular weight excluding hydrogens is 202 g/mol. The van der Waals surface area contributed by atoms with Crippen LogP contribution in [0.1, 0.15) is 45.4 Å². The Labute approximate surface area is 97.9 Å². The van der Waals surface area contributed by atoms with Gasteiger partial charge < -0.3 is 10.1 Å². The maximum atomic E-state index is 11.7. The number of carbonyl (C=O) groups excluding carboxylic acids is 1. The highest BCUT2D eigenvalue weighted by molar-refractivity contribution is 5.70. The average molecular weight is 225 g/mol. The molecule has 0 aromatic rings. The van der Waals surface area contributed by atoms with Crippen LogP contribution in [-0.2, 0) is 9.53 Å². The van der Waals surface area contributed by atoms with Crippen molar-refractivity contribution in [2.24, 2.45) is 11.8 Å². The van der Waals surface area contributed by atoms with E-state index in [2.05, 4.69) is 12.2 Å². The number of hydrogen-bond acceptors (Lipinski definition) is 3. The van der Waals surface area contributed by atoms with Crippen LogP contribution in [0.2, 0.25) is 0 Å². The zero-order valence-corrected chi connectivity index (χ0v) is 10.2. The quantitative estimate of drug-likeness (QED) is 0.745. The first-order valence-corrected chi connectivity index (χ1v) is 6.69. The molecule has 0 aromatic heterocycles. The summed E-state index contributed by atoms with van der Waals surface area (Å²) in [6, 6.07) is 0. The van der Waals surface area contributed by atoms with Crippen LogP contribution in [-0.4, -0.2) is 25.2 Å². The summed E-state index contributed by atoms with van der Waals surface area (Å²) in [5, 5.41) is 3.18. The normalized spacial score (nSPS) is 30.8. The highest BCUT2D eigenvalue weighted by Crippen LogP contribution is 2.29. The molecule has 0 spiro atoms. The van der Waals surface area contributed by atoms with Crippen LogP contribution in [0, 0.1) is 11.8 Å². The lowest BCUT2D eigenvalue weighted by Gasteiger charge is -2.32. The molecule has 2 fully saturated rings. The smallest absolute Gasteiger partial charge is 0.306 e.